The quantitative estimate of drug-likeness (QED) is 0.884. The van der Waals surface area contributed by atoms with Crippen LogP contribution < -0.4 is 10.1 Å². The molecule has 0 heterocycles. The number of halogens is 2. The lowest BCUT2D eigenvalue weighted by Gasteiger charge is -2.07. The molecule has 2 aromatic carbocycles. The van der Waals surface area contributed by atoms with Gasteiger partial charge in [-0.1, -0.05) is 19.1 Å². The van der Waals surface area contributed by atoms with Gasteiger partial charge >= 0.3 is 0 Å². The Hall–Kier alpha value is -1.94. The molecule has 0 aromatic heterocycles. The summed E-state index contributed by atoms with van der Waals surface area (Å²) in [5.74, 6) is -0.931. The zero-order valence-corrected chi connectivity index (χ0v) is 10.6. The lowest BCUT2D eigenvalue weighted by atomic mass is 10.2. The SMILES string of the molecule is CCNCc1ccc(Oc2ccc(F)c(F)c2)cc1. The van der Waals surface area contributed by atoms with Crippen LogP contribution in [0, 0.1) is 11.6 Å². The summed E-state index contributed by atoms with van der Waals surface area (Å²) in [5.41, 5.74) is 1.14. The first-order valence-corrected chi connectivity index (χ1v) is 6.11. The van der Waals surface area contributed by atoms with Crippen LogP contribution in [0.2, 0.25) is 0 Å². The van der Waals surface area contributed by atoms with Gasteiger partial charge in [-0.25, -0.2) is 8.78 Å². The van der Waals surface area contributed by atoms with Gasteiger partial charge in [-0.15, -0.1) is 0 Å². The minimum atomic E-state index is -0.915. The van der Waals surface area contributed by atoms with Gasteiger partial charge in [-0.2, -0.15) is 0 Å². The molecule has 0 unspecified atom stereocenters. The Balaban J connectivity index is 2.04. The zero-order valence-electron chi connectivity index (χ0n) is 10.6. The van der Waals surface area contributed by atoms with E-state index in [1.807, 2.05) is 19.1 Å². The maximum absolute atomic E-state index is 13.0. The molecule has 0 aliphatic heterocycles. The van der Waals surface area contributed by atoms with Crippen LogP contribution in [-0.4, -0.2) is 6.54 Å². The Morgan fingerprint density at radius 3 is 2.26 bits per heavy atom. The van der Waals surface area contributed by atoms with Gasteiger partial charge in [0, 0.05) is 12.6 Å². The second-order valence-corrected chi connectivity index (χ2v) is 4.10. The van der Waals surface area contributed by atoms with Crippen LogP contribution in [0.5, 0.6) is 11.5 Å². The standard InChI is InChI=1S/C15H15F2NO/c1-2-18-10-11-3-5-12(6-4-11)19-13-7-8-14(16)15(17)9-13/h3-9,18H,2,10H2,1H3. The molecule has 0 spiro atoms. The number of nitrogens with one attached hydrogen (secondary N) is 1. The third-order valence-electron chi connectivity index (χ3n) is 2.63. The first-order chi connectivity index (χ1) is 9.19. The highest BCUT2D eigenvalue weighted by Gasteiger charge is 2.04. The number of hydrogen-bond acceptors (Lipinski definition) is 2. The lowest BCUT2D eigenvalue weighted by Crippen LogP contribution is -2.11. The van der Waals surface area contributed by atoms with Crippen LogP contribution in [-0.2, 0) is 6.54 Å². The summed E-state index contributed by atoms with van der Waals surface area (Å²) in [6.45, 7) is 3.75. The van der Waals surface area contributed by atoms with Crippen LogP contribution in [0.1, 0.15) is 12.5 Å². The second kappa shape index (κ2) is 6.29. The van der Waals surface area contributed by atoms with Crippen molar-refractivity contribution in [3.05, 3.63) is 59.7 Å². The van der Waals surface area contributed by atoms with E-state index in [9.17, 15) is 8.78 Å². The van der Waals surface area contributed by atoms with Crippen LogP contribution in [0.15, 0.2) is 42.5 Å². The molecule has 0 radical (unpaired) electrons. The molecule has 4 heteroatoms. The normalized spacial score (nSPS) is 10.5. The molecule has 2 aromatic rings. The largest absolute Gasteiger partial charge is 0.457 e. The molecule has 0 fully saturated rings. The fourth-order valence-electron chi connectivity index (χ4n) is 1.62. The van der Waals surface area contributed by atoms with Crippen molar-refractivity contribution in [3.63, 3.8) is 0 Å². The molecule has 0 bridgehead atoms. The minimum Gasteiger partial charge on any atom is -0.457 e. The highest BCUT2D eigenvalue weighted by Crippen LogP contribution is 2.23. The van der Waals surface area contributed by atoms with E-state index >= 15 is 0 Å². The second-order valence-electron chi connectivity index (χ2n) is 4.10. The molecule has 19 heavy (non-hydrogen) atoms. The highest BCUT2D eigenvalue weighted by atomic mass is 19.2. The zero-order chi connectivity index (χ0) is 13.7. The van der Waals surface area contributed by atoms with Crippen molar-refractivity contribution in [2.24, 2.45) is 0 Å². The predicted molar refractivity (Wildman–Crippen MR) is 70.3 cm³/mol. The number of benzene rings is 2. The average molecular weight is 263 g/mol. The Kier molecular flexibility index (Phi) is 4.47. The fourth-order valence-corrected chi connectivity index (χ4v) is 1.62. The average Bonchev–Trinajstić information content (AvgIpc) is 2.42. The molecule has 0 aliphatic rings. The van der Waals surface area contributed by atoms with E-state index in [0.29, 0.717) is 5.75 Å². The van der Waals surface area contributed by atoms with Crippen molar-refractivity contribution in [2.45, 2.75) is 13.5 Å². The Morgan fingerprint density at radius 1 is 0.947 bits per heavy atom. The van der Waals surface area contributed by atoms with E-state index in [1.165, 1.54) is 6.07 Å². The molecule has 0 saturated heterocycles. The molecule has 0 saturated carbocycles. The summed E-state index contributed by atoms with van der Waals surface area (Å²) < 4.78 is 31.2. The predicted octanol–water partition coefficient (Wildman–Crippen LogP) is 3.87. The smallest absolute Gasteiger partial charge is 0.162 e. The van der Waals surface area contributed by atoms with Crippen LogP contribution in [0.25, 0.3) is 0 Å². The van der Waals surface area contributed by atoms with Gasteiger partial charge < -0.3 is 10.1 Å². The molecular formula is C15H15F2NO. The van der Waals surface area contributed by atoms with Crippen molar-refractivity contribution in [3.8, 4) is 11.5 Å². The molecule has 100 valence electrons. The Morgan fingerprint density at radius 2 is 1.63 bits per heavy atom. The molecule has 1 N–H and O–H groups in total. The summed E-state index contributed by atoms with van der Waals surface area (Å²) >= 11 is 0. The molecule has 0 amide bonds. The van der Waals surface area contributed by atoms with Gasteiger partial charge in [0.15, 0.2) is 11.6 Å². The molecule has 0 aliphatic carbocycles. The molecule has 2 rings (SSSR count). The van der Waals surface area contributed by atoms with E-state index in [1.54, 1.807) is 12.1 Å². The molecular weight excluding hydrogens is 248 g/mol. The highest BCUT2D eigenvalue weighted by molar-refractivity contribution is 5.33. The van der Waals surface area contributed by atoms with Gasteiger partial charge in [0.25, 0.3) is 0 Å². The van der Waals surface area contributed by atoms with E-state index in [2.05, 4.69) is 5.32 Å². The molecule has 2 nitrogen and oxygen atoms in total. The number of hydrogen-bond donors (Lipinski definition) is 1. The monoisotopic (exact) mass is 263 g/mol. The summed E-state index contributed by atoms with van der Waals surface area (Å²) in [6, 6.07) is 10.9. The maximum atomic E-state index is 13.0. The molecule has 0 atom stereocenters. The van der Waals surface area contributed by atoms with Gasteiger partial charge in [0.2, 0.25) is 0 Å². The van der Waals surface area contributed by atoms with Crippen molar-refractivity contribution in [2.75, 3.05) is 6.54 Å². The van der Waals surface area contributed by atoms with E-state index < -0.39 is 11.6 Å². The van der Waals surface area contributed by atoms with Crippen molar-refractivity contribution in [1.29, 1.82) is 0 Å². The van der Waals surface area contributed by atoms with E-state index in [0.717, 1.165) is 30.8 Å². The van der Waals surface area contributed by atoms with Crippen molar-refractivity contribution < 1.29 is 13.5 Å². The fraction of sp³-hybridized carbons (Fsp3) is 0.200. The number of ether oxygens (including phenoxy) is 1. The van der Waals surface area contributed by atoms with Gasteiger partial charge in [0.1, 0.15) is 11.5 Å². The van der Waals surface area contributed by atoms with Gasteiger partial charge in [0.05, 0.1) is 0 Å². The number of rotatable bonds is 5. The Bertz CT molecular complexity index is 540. The third-order valence-corrected chi connectivity index (χ3v) is 2.63. The van der Waals surface area contributed by atoms with E-state index in [-0.39, 0.29) is 5.75 Å². The summed E-state index contributed by atoms with van der Waals surface area (Å²) in [6.07, 6.45) is 0. The maximum Gasteiger partial charge on any atom is 0.162 e. The van der Waals surface area contributed by atoms with Crippen molar-refractivity contribution >= 4 is 0 Å². The van der Waals surface area contributed by atoms with Gasteiger partial charge in [-0.3, -0.25) is 0 Å². The first kappa shape index (κ1) is 13.5. The Labute approximate surface area is 111 Å². The van der Waals surface area contributed by atoms with Crippen LogP contribution in [0.4, 0.5) is 8.78 Å². The summed E-state index contributed by atoms with van der Waals surface area (Å²) in [7, 11) is 0. The van der Waals surface area contributed by atoms with Crippen LogP contribution in [0.3, 0.4) is 0 Å². The van der Waals surface area contributed by atoms with E-state index in [4.69, 9.17) is 4.74 Å². The van der Waals surface area contributed by atoms with Gasteiger partial charge in [-0.05, 0) is 36.4 Å². The van der Waals surface area contributed by atoms with Crippen LogP contribution >= 0.6 is 0 Å². The third kappa shape index (κ3) is 3.76. The summed E-state index contributed by atoms with van der Waals surface area (Å²) in [4.78, 5) is 0. The topological polar surface area (TPSA) is 21.3 Å². The lowest BCUT2D eigenvalue weighted by molar-refractivity contribution is 0.461. The summed E-state index contributed by atoms with van der Waals surface area (Å²) in [5, 5.41) is 3.22. The first-order valence-electron chi connectivity index (χ1n) is 6.11. The minimum absolute atomic E-state index is 0.276. The van der Waals surface area contributed by atoms with Crippen molar-refractivity contribution in [1.82, 2.24) is 5.32 Å².